The number of hydrogen-bond donors (Lipinski definition) is 2. The highest BCUT2D eigenvalue weighted by molar-refractivity contribution is 5.93. The van der Waals surface area contributed by atoms with Gasteiger partial charge in [0, 0.05) is 32.3 Å². The summed E-state index contributed by atoms with van der Waals surface area (Å²) >= 11 is 0. The van der Waals surface area contributed by atoms with Crippen molar-refractivity contribution in [3.8, 4) is 0 Å². The third kappa shape index (κ3) is 3.08. The molecule has 8 nitrogen and oxygen atoms in total. The predicted molar refractivity (Wildman–Crippen MR) is 96.8 cm³/mol. The van der Waals surface area contributed by atoms with Gasteiger partial charge in [0.05, 0.1) is 11.6 Å². The first-order valence-corrected chi connectivity index (χ1v) is 9.01. The normalized spacial score (nSPS) is 15.7. The molecule has 3 aromatic rings. The van der Waals surface area contributed by atoms with Crippen molar-refractivity contribution in [1.29, 1.82) is 0 Å². The predicted octanol–water partition coefficient (Wildman–Crippen LogP) is 1.20. The van der Waals surface area contributed by atoms with Crippen molar-refractivity contribution < 1.29 is 4.79 Å². The summed E-state index contributed by atoms with van der Waals surface area (Å²) in [6.07, 6.45) is 2.68. The average molecular weight is 353 g/mol. The van der Waals surface area contributed by atoms with Crippen LogP contribution in [0.25, 0.3) is 5.52 Å². The summed E-state index contributed by atoms with van der Waals surface area (Å²) in [6.45, 7) is 6.74. The molecule has 0 bridgehead atoms. The van der Waals surface area contributed by atoms with E-state index in [1.165, 1.54) is 0 Å². The Hall–Kier alpha value is -2.74. The largest absolute Gasteiger partial charge is 0.340 e. The van der Waals surface area contributed by atoms with Gasteiger partial charge in [0.15, 0.2) is 11.5 Å². The van der Waals surface area contributed by atoms with E-state index in [9.17, 15) is 4.79 Å². The van der Waals surface area contributed by atoms with Gasteiger partial charge in [-0.3, -0.25) is 4.79 Å². The van der Waals surface area contributed by atoms with Crippen LogP contribution in [0.2, 0.25) is 0 Å². The number of amides is 1. The number of rotatable bonds is 4. The number of hydrogen-bond acceptors (Lipinski definition) is 5. The highest BCUT2D eigenvalue weighted by atomic mass is 16.2. The van der Waals surface area contributed by atoms with E-state index in [0.717, 1.165) is 43.2 Å². The van der Waals surface area contributed by atoms with Crippen LogP contribution in [-0.4, -0.2) is 43.4 Å². The molecule has 136 valence electrons. The highest BCUT2D eigenvalue weighted by Gasteiger charge is 2.27. The van der Waals surface area contributed by atoms with Crippen LogP contribution < -0.4 is 10.6 Å². The molecule has 4 rings (SSSR count). The van der Waals surface area contributed by atoms with Crippen molar-refractivity contribution in [3.63, 3.8) is 0 Å². The van der Waals surface area contributed by atoms with E-state index in [4.69, 9.17) is 0 Å². The molecule has 26 heavy (non-hydrogen) atoms. The molecule has 0 saturated heterocycles. The SMILES string of the molecule is CC(C)[C@H](NC(=O)c1cc2ccccn2n1)c1nnc2n1CCNCC2. The lowest BCUT2D eigenvalue weighted by molar-refractivity contribution is 0.0916. The minimum absolute atomic E-state index is 0.181. The summed E-state index contributed by atoms with van der Waals surface area (Å²) in [5.74, 6) is 1.77. The lowest BCUT2D eigenvalue weighted by atomic mass is 10.0. The molecular formula is C18H23N7O. The molecule has 3 aromatic heterocycles. The number of fused-ring (bicyclic) bond motifs is 2. The Morgan fingerprint density at radius 2 is 2.15 bits per heavy atom. The van der Waals surface area contributed by atoms with E-state index < -0.39 is 0 Å². The lowest BCUT2D eigenvalue weighted by Crippen LogP contribution is -2.34. The maximum absolute atomic E-state index is 12.8. The smallest absolute Gasteiger partial charge is 0.272 e. The third-order valence-electron chi connectivity index (χ3n) is 4.73. The topological polar surface area (TPSA) is 89.1 Å². The standard InChI is InChI=1S/C18H23N7O/c1-12(2)16(17-22-21-15-6-7-19-8-10-24(15)17)20-18(26)14-11-13-5-3-4-9-25(13)23-14/h3-5,9,11-12,16,19H,6-8,10H2,1-2H3,(H,20,26)/t16-/m0/s1. The molecule has 0 spiro atoms. The fraction of sp³-hybridized carbons (Fsp3) is 0.444. The Labute approximate surface area is 151 Å². The van der Waals surface area contributed by atoms with Crippen LogP contribution in [-0.2, 0) is 13.0 Å². The summed E-state index contributed by atoms with van der Waals surface area (Å²) in [7, 11) is 0. The molecular weight excluding hydrogens is 330 g/mol. The van der Waals surface area contributed by atoms with Crippen LogP contribution in [0.4, 0.5) is 0 Å². The first-order chi connectivity index (χ1) is 12.6. The zero-order valence-electron chi connectivity index (χ0n) is 15.0. The Kier molecular flexibility index (Phi) is 4.42. The van der Waals surface area contributed by atoms with Crippen LogP contribution in [0, 0.1) is 5.92 Å². The molecule has 4 heterocycles. The fourth-order valence-electron chi connectivity index (χ4n) is 3.32. The Balaban J connectivity index is 1.61. The van der Waals surface area contributed by atoms with Crippen LogP contribution in [0.1, 0.15) is 42.0 Å². The summed E-state index contributed by atoms with van der Waals surface area (Å²) in [5.41, 5.74) is 1.29. The maximum atomic E-state index is 12.8. The van der Waals surface area contributed by atoms with E-state index in [0.29, 0.717) is 5.69 Å². The van der Waals surface area contributed by atoms with Gasteiger partial charge < -0.3 is 15.2 Å². The van der Waals surface area contributed by atoms with E-state index in [-0.39, 0.29) is 17.9 Å². The van der Waals surface area contributed by atoms with Gasteiger partial charge in [-0.2, -0.15) is 5.10 Å². The van der Waals surface area contributed by atoms with Gasteiger partial charge in [0.1, 0.15) is 5.82 Å². The molecule has 0 radical (unpaired) electrons. The Morgan fingerprint density at radius 1 is 1.27 bits per heavy atom. The molecule has 8 heteroatoms. The first kappa shape index (κ1) is 16.7. The van der Waals surface area contributed by atoms with Crippen LogP contribution in [0.5, 0.6) is 0 Å². The number of nitrogens with one attached hydrogen (secondary N) is 2. The average Bonchev–Trinajstić information content (AvgIpc) is 3.16. The van der Waals surface area contributed by atoms with Crippen molar-refractivity contribution in [1.82, 2.24) is 35.0 Å². The van der Waals surface area contributed by atoms with Crippen molar-refractivity contribution in [2.75, 3.05) is 13.1 Å². The van der Waals surface area contributed by atoms with Crippen LogP contribution in [0.3, 0.4) is 0 Å². The van der Waals surface area contributed by atoms with E-state index >= 15 is 0 Å². The monoisotopic (exact) mass is 353 g/mol. The number of pyridine rings is 1. The van der Waals surface area contributed by atoms with E-state index in [2.05, 4.69) is 44.3 Å². The van der Waals surface area contributed by atoms with Crippen molar-refractivity contribution in [2.24, 2.45) is 5.92 Å². The van der Waals surface area contributed by atoms with Gasteiger partial charge in [-0.15, -0.1) is 10.2 Å². The summed E-state index contributed by atoms with van der Waals surface area (Å²) in [6, 6.07) is 7.31. The van der Waals surface area contributed by atoms with Crippen molar-refractivity contribution in [2.45, 2.75) is 32.9 Å². The summed E-state index contributed by atoms with van der Waals surface area (Å²) < 4.78 is 3.84. The molecule has 1 aliphatic rings. The Morgan fingerprint density at radius 3 is 2.96 bits per heavy atom. The third-order valence-corrected chi connectivity index (χ3v) is 4.73. The van der Waals surface area contributed by atoms with Crippen LogP contribution in [0.15, 0.2) is 30.5 Å². The molecule has 0 aliphatic carbocycles. The van der Waals surface area contributed by atoms with Gasteiger partial charge in [-0.05, 0) is 24.1 Å². The maximum Gasteiger partial charge on any atom is 0.272 e. The second-order valence-corrected chi connectivity index (χ2v) is 6.92. The second kappa shape index (κ2) is 6.87. The van der Waals surface area contributed by atoms with Crippen molar-refractivity contribution >= 4 is 11.4 Å². The van der Waals surface area contributed by atoms with Gasteiger partial charge in [0.25, 0.3) is 5.91 Å². The van der Waals surface area contributed by atoms with Crippen molar-refractivity contribution in [3.05, 3.63) is 47.8 Å². The molecule has 0 saturated carbocycles. The molecule has 1 atom stereocenters. The highest BCUT2D eigenvalue weighted by Crippen LogP contribution is 2.22. The molecule has 1 amide bonds. The lowest BCUT2D eigenvalue weighted by Gasteiger charge is -2.22. The van der Waals surface area contributed by atoms with Gasteiger partial charge in [-0.1, -0.05) is 19.9 Å². The minimum Gasteiger partial charge on any atom is -0.340 e. The zero-order valence-corrected chi connectivity index (χ0v) is 15.0. The quantitative estimate of drug-likeness (QED) is 0.736. The van der Waals surface area contributed by atoms with E-state index in [1.807, 2.05) is 24.4 Å². The Bertz CT molecular complexity index is 894. The fourth-order valence-corrected chi connectivity index (χ4v) is 3.32. The minimum atomic E-state index is -0.216. The first-order valence-electron chi connectivity index (χ1n) is 9.01. The molecule has 0 unspecified atom stereocenters. The number of aromatic nitrogens is 5. The van der Waals surface area contributed by atoms with Crippen LogP contribution >= 0.6 is 0 Å². The molecule has 0 fully saturated rings. The number of nitrogens with zero attached hydrogens (tertiary/aromatic N) is 5. The zero-order chi connectivity index (χ0) is 18.1. The summed E-state index contributed by atoms with van der Waals surface area (Å²) in [4.78, 5) is 12.8. The molecule has 0 aromatic carbocycles. The second-order valence-electron chi connectivity index (χ2n) is 6.92. The number of carbonyl (C=O) groups is 1. The molecule has 2 N–H and O–H groups in total. The van der Waals surface area contributed by atoms with Gasteiger partial charge in [0.2, 0.25) is 0 Å². The number of carbonyl (C=O) groups excluding carboxylic acids is 1. The molecule has 1 aliphatic heterocycles. The van der Waals surface area contributed by atoms with Gasteiger partial charge >= 0.3 is 0 Å². The van der Waals surface area contributed by atoms with E-state index in [1.54, 1.807) is 10.6 Å². The summed E-state index contributed by atoms with van der Waals surface area (Å²) in [5, 5.41) is 19.6. The van der Waals surface area contributed by atoms with Gasteiger partial charge in [-0.25, -0.2) is 4.52 Å².